The summed E-state index contributed by atoms with van der Waals surface area (Å²) in [6.07, 6.45) is 1.33. The van der Waals surface area contributed by atoms with Gasteiger partial charge in [-0.25, -0.2) is 14.5 Å². The lowest BCUT2D eigenvalue weighted by Gasteiger charge is -2.02. The Hall–Kier alpha value is -4.21. The molecule has 4 aromatic rings. The van der Waals surface area contributed by atoms with Crippen molar-refractivity contribution in [3.05, 3.63) is 84.2 Å². The van der Waals surface area contributed by atoms with E-state index >= 15 is 0 Å². The SMILES string of the molecule is CCn1c(=O)n(CC)c2cc([N+](=O)[O-])c(N=Cc3c(C)[nH]n(-c4cccc(C)c4)c3=O)cc21. The van der Waals surface area contributed by atoms with Gasteiger partial charge in [0, 0.05) is 31.1 Å². The lowest BCUT2D eigenvalue weighted by molar-refractivity contribution is -0.383. The monoisotopic (exact) mass is 448 g/mol. The van der Waals surface area contributed by atoms with Gasteiger partial charge in [-0.15, -0.1) is 0 Å². The van der Waals surface area contributed by atoms with Gasteiger partial charge in [-0.2, -0.15) is 0 Å². The van der Waals surface area contributed by atoms with Crippen LogP contribution < -0.4 is 11.2 Å². The van der Waals surface area contributed by atoms with Crippen LogP contribution in [0, 0.1) is 24.0 Å². The van der Waals surface area contributed by atoms with Crippen molar-refractivity contribution in [3.8, 4) is 5.69 Å². The van der Waals surface area contributed by atoms with E-state index in [1.807, 2.05) is 45.0 Å². The lowest BCUT2D eigenvalue weighted by atomic mass is 10.2. The number of nitrogens with one attached hydrogen (secondary N) is 1. The quantitative estimate of drug-likeness (QED) is 0.275. The molecule has 0 saturated carbocycles. The molecule has 33 heavy (non-hydrogen) atoms. The predicted molar refractivity (Wildman–Crippen MR) is 127 cm³/mol. The molecule has 0 unspecified atom stereocenters. The molecule has 1 N–H and O–H groups in total. The number of imidazole rings is 1. The zero-order valence-electron chi connectivity index (χ0n) is 18.8. The van der Waals surface area contributed by atoms with E-state index in [0.717, 1.165) is 5.56 Å². The second-order valence-corrected chi connectivity index (χ2v) is 7.75. The first-order valence-corrected chi connectivity index (χ1v) is 10.6. The number of rotatable bonds is 6. The normalized spacial score (nSPS) is 11.6. The molecule has 10 heteroatoms. The number of hydrogen-bond donors (Lipinski definition) is 1. The molecule has 0 amide bonds. The molecule has 0 aliphatic rings. The summed E-state index contributed by atoms with van der Waals surface area (Å²) >= 11 is 0. The summed E-state index contributed by atoms with van der Waals surface area (Å²) in [5.41, 5.74) is 2.91. The van der Waals surface area contributed by atoms with Crippen molar-refractivity contribution in [2.24, 2.45) is 4.99 Å². The summed E-state index contributed by atoms with van der Waals surface area (Å²) in [4.78, 5) is 41.2. The molecule has 0 fully saturated rings. The molecule has 2 heterocycles. The molecule has 0 radical (unpaired) electrons. The van der Waals surface area contributed by atoms with Gasteiger partial charge in [-0.1, -0.05) is 12.1 Å². The van der Waals surface area contributed by atoms with Gasteiger partial charge in [-0.3, -0.25) is 29.1 Å². The molecule has 0 bridgehead atoms. The molecule has 2 aromatic heterocycles. The standard InChI is InChI=1S/C23H24N6O4/c1-5-26-20-11-18(19(29(32)33)12-21(20)27(6-2)23(26)31)24-13-17-15(4)25-28(22(17)30)16-9-7-8-14(3)10-16/h7-13,25H,5-6H2,1-4H3. The zero-order valence-corrected chi connectivity index (χ0v) is 18.8. The molecular weight excluding hydrogens is 424 g/mol. The predicted octanol–water partition coefficient (Wildman–Crippen LogP) is 3.60. The molecule has 0 aliphatic carbocycles. The maximum atomic E-state index is 13.0. The van der Waals surface area contributed by atoms with Crippen LogP contribution in [-0.4, -0.2) is 30.1 Å². The van der Waals surface area contributed by atoms with E-state index in [9.17, 15) is 19.7 Å². The summed E-state index contributed by atoms with van der Waals surface area (Å²) in [5.74, 6) is 0. The summed E-state index contributed by atoms with van der Waals surface area (Å²) in [5, 5.41) is 14.8. The highest BCUT2D eigenvalue weighted by Crippen LogP contribution is 2.32. The van der Waals surface area contributed by atoms with Crippen LogP contribution in [0.25, 0.3) is 16.7 Å². The Morgan fingerprint density at radius 3 is 2.33 bits per heavy atom. The summed E-state index contributed by atoms with van der Waals surface area (Å²) in [6, 6.07) is 10.4. The van der Waals surface area contributed by atoms with Gasteiger partial charge in [-0.05, 0) is 51.5 Å². The van der Waals surface area contributed by atoms with Crippen molar-refractivity contribution in [1.82, 2.24) is 18.9 Å². The highest BCUT2D eigenvalue weighted by Gasteiger charge is 2.21. The van der Waals surface area contributed by atoms with Crippen LogP contribution in [0.1, 0.15) is 30.7 Å². The smallest absolute Gasteiger partial charge is 0.295 e. The highest BCUT2D eigenvalue weighted by atomic mass is 16.6. The van der Waals surface area contributed by atoms with Crippen LogP contribution in [0.4, 0.5) is 11.4 Å². The Morgan fingerprint density at radius 2 is 1.73 bits per heavy atom. The van der Waals surface area contributed by atoms with Crippen molar-refractivity contribution >= 4 is 28.6 Å². The van der Waals surface area contributed by atoms with Gasteiger partial charge in [0.1, 0.15) is 5.69 Å². The minimum absolute atomic E-state index is 0.0741. The molecule has 170 valence electrons. The van der Waals surface area contributed by atoms with Crippen molar-refractivity contribution in [2.75, 3.05) is 0 Å². The third-order valence-corrected chi connectivity index (χ3v) is 5.65. The number of nitro groups is 1. The summed E-state index contributed by atoms with van der Waals surface area (Å²) < 4.78 is 4.46. The van der Waals surface area contributed by atoms with Crippen molar-refractivity contribution in [3.63, 3.8) is 0 Å². The van der Waals surface area contributed by atoms with Gasteiger partial charge >= 0.3 is 5.69 Å². The Kier molecular flexibility index (Phi) is 5.59. The van der Waals surface area contributed by atoms with E-state index in [0.29, 0.717) is 41.1 Å². The van der Waals surface area contributed by atoms with Gasteiger partial charge in [0.2, 0.25) is 0 Å². The van der Waals surface area contributed by atoms with Gasteiger partial charge < -0.3 is 0 Å². The van der Waals surface area contributed by atoms with Crippen LogP contribution in [0.2, 0.25) is 0 Å². The number of aromatic nitrogens is 4. The maximum Gasteiger partial charge on any atom is 0.329 e. The fourth-order valence-electron chi connectivity index (χ4n) is 3.99. The number of nitro benzene ring substituents is 1. The topological polar surface area (TPSA) is 120 Å². The van der Waals surface area contributed by atoms with Crippen molar-refractivity contribution in [2.45, 2.75) is 40.8 Å². The van der Waals surface area contributed by atoms with E-state index in [1.165, 1.54) is 27.6 Å². The minimum Gasteiger partial charge on any atom is -0.295 e. The second-order valence-electron chi connectivity index (χ2n) is 7.75. The van der Waals surface area contributed by atoms with E-state index in [1.54, 1.807) is 11.5 Å². The molecule has 0 spiro atoms. The van der Waals surface area contributed by atoms with E-state index in [2.05, 4.69) is 10.1 Å². The Morgan fingerprint density at radius 1 is 1.06 bits per heavy atom. The van der Waals surface area contributed by atoms with E-state index in [4.69, 9.17) is 0 Å². The first-order valence-electron chi connectivity index (χ1n) is 10.6. The van der Waals surface area contributed by atoms with E-state index in [-0.39, 0.29) is 22.6 Å². The van der Waals surface area contributed by atoms with Crippen LogP contribution >= 0.6 is 0 Å². The number of benzene rings is 2. The fraction of sp³-hybridized carbons (Fsp3) is 0.261. The molecule has 2 aromatic carbocycles. The van der Waals surface area contributed by atoms with E-state index < -0.39 is 4.92 Å². The fourth-order valence-corrected chi connectivity index (χ4v) is 3.99. The average molecular weight is 448 g/mol. The van der Waals surface area contributed by atoms with Crippen LogP contribution in [0.15, 0.2) is 51.0 Å². The first kappa shape index (κ1) is 22.0. The van der Waals surface area contributed by atoms with Crippen LogP contribution in [-0.2, 0) is 13.1 Å². The highest BCUT2D eigenvalue weighted by molar-refractivity contribution is 5.89. The third-order valence-electron chi connectivity index (χ3n) is 5.65. The van der Waals surface area contributed by atoms with Crippen LogP contribution in [0.3, 0.4) is 0 Å². The average Bonchev–Trinajstić information content (AvgIpc) is 3.22. The number of aliphatic imine (C=N–C) groups is 1. The second kappa shape index (κ2) is 8.38. The largest absolute Gasteiger partial charge is 0.329 e. The number of nitrogens with zero attached hydrogens (tertiary/aromatic N) is 5. The zero-order chi connectivity index (χ0) is 23.9. The van der Waals surface area contributed by atoms with Gasteiger partial charge in [0.15, 0.2) is 0 Å². The Bertz CT molecular complexity index is 1530. The summed E-state index contributed by atoms with van der Waals surface area (Å²) in [7, 11) is 0. The first-order chi connectivity index (χ1) is 15.8. The van der Waals surface area contributed by atoms with Crippen molar-refractivity contribution in [1.29, 1.82) is 0 Å². The Labute approximate surface area is 188 Å². The number of aromatic amines is 1. The molecule has 0 atom stereocenters. The summed E-state index contributed by atoms with van der Waals surface area (Å²) in [6.45, 7) is 8.13. The van der Waals surface area contributed by atoms with Crippen molar-refractivity contribution < 1.29 is 4.92 Å². The van der Waals surface area contributed by atoms with Gasteiger partial charge in [0.05, 0.1) is 27.2 Å². The molecule has 0 saturated heterocycles. The Balaban J connectivity index is 1.86. The number of aryl methyl sites for hydroxylation is 4. The molecular formula is C23H24N6O4. The minimum atomic E-state index is -0.533. The third kappa shape index (κ3) is 3.69. The van der Waals surface area contributed by atoms with Crippen LogP contribution in [0.5, 0.6) is 0 Å². The molecule has 10 nitrogen and oxygen atoms in total. The molecule has 4 rings (SSSR count). The lowest BCUT2D eigenvalue weighted by Crippen LogP contribution is -2.23. The molecule has 0 aliphatic heterocycles. The number of hydrogen-bond acceptors (Lipinski definition) is 5. The number of fused-ring (bicyclic) bond motifs is 1. The maximum absolute atomic E-state index is 13.0. The van der Waals surface area contributed by atoms with Gasteiger partial charge in [0.25, 0.3) is 11.2 Å². The number of H-pyrrole nitrogens is 1.